The summed E-state index contributed by atoms with van der Waals surface area (Å²) in [6.07, 6.45) is 3.44. The van der Waals surface area contributed by atoms with E-state index in [0.717, 1.165) is 24.2 Å². The number of para-hydroxylation sites is 1. The summed E-state index contributed by atoms with van der Waals surface area (Å²) in [6, 6.07) is 11.8. The predicted octanol–water partition coefficient (Wildman–Crippen LogP) is 2.55. The lowest BCUT2D eigenvalue weighted by molar-refractivity contribution is -0.113. The van der Waals surface area contributed by atoms with Crippen LogP contribution in [0.4, 0.5) is 5.69 Å². The molecule has 4 rings (SSSR count). The van der Waals surface area contributed by atoms with Gasteiger partial charge in [0.1, 0.15) is 18.1 Å². The minimum Gasteiger partial charge on any atom is -0.495 e. The number of ether oxygens (including phenoxy) is 2. The van der Waals surface area contributed by atoms with Gasteiger partial charge in [-0.25, -0.2) is 13.1 Å². The van der Waals surface area contributed by atoms with E-state index in [0.29, 0.717) is 11.3 Å². The highest BCUT2D eigenvalue weighted by Gasteiger charge is 2.28. The van der Waals surface area contributed by atoms with Gasteiger partial charge in [0.15, 0.2) is 0 Å². The molecule has 0 atom stereocenters. The number of carbonyl (C=O) groups is 1. The summed E-state index contributed by atoms with van der Waals surface area (Å²) < 4.78 is 38.4. The summed E-state index contributed by atoms with van der Waals surface area (Å²) in [4.78, 5) is 12.8. The molecular weight excluding hydrogens is 380 g/mol. The van der Waals surface area contributed by atoms with Crippen molar-refractivity contribution < 1.29 is 22.7 Å². The van der Waals surface area contributed by atoms with E-state index in [-0.39, 0.29) is 29.1 Å². The second kappa shape index (κ2) is 7.29. The van der Waals surface area contributed by atoms with Crippen molar-refractivity contribution >= 4 is 27.7 Å². The third-order valence-electron chi connectivity index (χ3n) is 4.55. The number of amides is 1. The molecule has 2 N–H and O–H groups in total. The molecular formula is C20H20N2O5S. The molecule has 2 aromatic rings. The van der Waals surface area contributed by atoms with Crippen LogP contribution in [0.25, 0.3) is 6.08 Å². The summed E-state index contributed by atoms with van der Waals surface area (Å²) in [5.74, 6) is 0.713. The van der Waals surface area contributed by atoms with Crippen molar-refractivity contribution in [2.45, 2.75) is 23.8 Å². The smallest absolute Gasteiger partial charge is 0.255 e. The Morgan fingerprint density at radius 3 is 2.71 bits per heavy atom. The Labute approximate surface area is 163 Å². The maximum absolute atomic E-state index is 12.7. The minimum absolute atomic E-state index is 0.00486. The molecule has 0 spiro atoms. The van der Waals surface area contributed by atoms with E-state index in [1.807, 2.05) is 24.3 Å². The molecule has 1 saturated carbocycles. The van der Waals surface area contributed by atoms with Gasteiger partial charge in [-0.3, -0.25) is 4.79 Å². The van der Waals surface area contributed by atoms with E-state index < -0.39 is 10.0 Å². The number of rotatable bonds is 6. The molecule has 1 heterocycles. The molecule has 0 unspecified atom stereocenters. The molecule has 7 nitrogen and oxygen atoms in total. The van der Waals surface area contributed by atoms with Crippen molar-refractivity contribution in [2.75, 3.05) is 19.0 Å². The zero-order valence-electron chi connectivity index (χ0n) is 15.3. The topological polar surface area (TPSA) is 93.7 Å². The van der Waals surface area contributed by atoms with Crippen LogP contribution in [0, 0.1) is 0 Å². The van der Waals surface area contributed by atoms with Gasteiger partial charge in [-0.05, 0) is 43.2 Å². The molecule has 8 heteroatoms. The van der Waals surface area contributed by atoms with Gasteiger partial charge in [0, 0.05) is 11.6 Å². The van der Waals surface area contributed by atoms with Gasteiger partial charge in [-0.2, -0.15) is 0 Å². The summed E-state index contributed by atoms with van der Waals surface area (Å²) in [5.41, 5.74) is 1.53. The molecule has 1 aliphatic carbocycles. The molecule has 0 bridgehead atoms. The molecule has 1 aliphatic heterocycles. The fourth-order valence-electron chi connectivity index (χ4n) is 2.89. The van der Waals surface area contributed by atoms with Crippen molar-refractivity contribution in [3.63, 3.8) is 0 Å². The van der Waals surface area contributed by atoms with Crippen molar-refractivity contribution in [1.82, 2.24) is 4.72 Å². The summed E-state index contributed by atoms with van der Waals surface area (Å²) >= 11 is 0. The second-order valence-corrected chi connectivity index (χ2v) is 8.42. The van der Waals surface area contributed by atoms with Crippen molar-refractivity contribution in [3.8, 4) is 11.5 Å². The highest BCUT2D eigenvalue weighted by Crippen LogP contribution is 2.31. The third kappa shape index (κ3) is 3.88. The fourth-order valence-corrected chi connectivity index (χ4v) is 4.22. The average molecular weight is 400 g/mol. The number of hydrogen-bond acceptors (Lipinski definition) is 5. The zero-order chi connectivity index (χ0) is 19.7. The van der Waals surface area contributed by atoms with Crippen LogP contribution in [0.3, 0.4) is 0 Å². The van der Waals surface area contributed by atoms with Crippen LogP contribution in [-0.4, -0.2) is 34.1 Å². The molecule has 2 aliphatic rings. The molecule has 0 radical (unpaired) electrons. The predicted molar refractivity (Wildman–Crippen MR) is 105 cm³/mol. The quantitative estimate of drug-likeness (QED) is 0.777. The summed E-state index contributed by atoms with van der Waals surface area (Å²) in [5, 5.41) is 2.74. The monoisotopic (exact) mass is 400 g/mol. The Balaban J connectivity index is 1.59. The van der Waals surface area contributed by atoms with Gasteiger partial charge in [-0.15, -0.1) is 0 Å². The summed E-state index contributed by atoms with van der Waals surface area (Å²) in [7, 11) is -2.18. The summed E-state index contributed by atoms with van der Waals surface area (Å²) in [6.45, 7) is 0.131. The number of sulfonamides is 1. The number of anilines is 1. The molecule has 146 valence electrons. The molecule has 0 saturated heterocycles. The van der Waals surface area contributed by atoms with Crippen molar-refractivity contribution in [1.29, 1.82) is 0 Å². The van der Waals surface area contributed by atoms with Gasteiger partial charge in [0.2, 0.25) is 10.0 Å². The zero-order valence-corrected chi connectivity index (χ0v) is 16.1. The van der Waals surface area contributed by atoms with Crippen LogP contribution in [-0.2, 0) is 14.8 Å². The van der Waals surface area contributed by atoms with E-state index in [1.165, 1.54) is 25.3 Å². The number of carbonyl (C=O) groups excluding carboxylic acids is 1. The standard InChI is InChI=1S/C20H20N2O5S/c1-26-19-9-8-16(28(24,25)22-15-6-7-15)11-17(19)21-20(23)14-10-13-4-2-3-5-18(13)27-12-14/h2-5,8-11,15,22H,6-7,12H2,1H3,(H,21,23). The van der Waals surface area contributed by atoms with Gasteiger partial charge in [0.05, 0.1) is 23.3 Å². The lowest BCUT2D eigenvalue weighted by atomic mass is 10.1. The Bertz CT molecular complexity index is 1060. The van der Waals surface area contributed by atoms with Crippen molar-refractivity contribution in [3.05, 3.63) is 53.6 Å². The molecule has 0 aromatic heterocycles. The van der Waals surface area contributed by atoms with Crippen molar-refractivity contribution in [2.24, 2.45) is 0 Å². The maximum Gasteiger partial charge on any atom is 0.255 e. The van der Waals surface area contributed by atoms with Crippen LogP contribution in [0.2, 0.25) is 0 Å². The van der Waals surface area contributed by atoms with E-state index >= 15 is 0 Å². The first-order chi connectivity index (χ1) is 13.5. The van der Waals surface area contributed by atoms with E-state index in [9.17, 15) is 13.2 Å². The molecule has 28 heavy (non-hydrogen) atoms. The third-order valence-corrected chi connectivity index (χ3v) is 6.07. The van der Waals surface area contributed by atoms with E-state index in [2.05, 4.69) is 10.0 Å². The van der Waals surface area contributed by atoms with Crippen LogP contribution in [0.1, 0.15) is 18.4 Å². The first-order valence-electron chi connectivity index (χ1n) is 8.90. The molecule has 1 amide bonds. The van der Waals surface area contributed by atoms with E-state index in [4.69, 9.17) is 9.47 Å². The SMILES string of the molecule is COc1ccc(S(=O)(=O)NC2CC2)cc1NC(=O)C1=Cc2ccccc2OC1. The number of fused-ring (bicyclic) bond motifs is 1. The Hall–Kier alpha value is -2.84. The number of methoxy groups -OCH3 is 1. The fraction of sp³-hybridized carbons (Fsp3) is 0.250. The first kappa shape index (κ1) is 18.5. The molecule has 1 fully saturated rings. The average Bonchev–Trinajstić information content (AvgIpc) is 3.50. The lowest BCUT2D eigenvalue weighted by Gasteiger charge is -2.18. The Morgan fingerprint density at radius 2 is 1.96 bits per heavy atom. The van der Waals surface area contributed by atoms with Crippen LogP contribution in [0.5, 0.6) is 11.5 Å². The van der Waals surface area contributed by atoms with E-state index in [1.54, 1.807) is 6.08 Å². The van der Waals surface area contributed by atoms with Gasteiger partial charge in [-0.1, -0.05) is 18.2 Å². The van der Waals surface area contributed by atoms with Gasteiger partial charge >= 0.3 is 0 Å². The number of hydrogen-bond donors (Lipinski definition) is 2. The first-order valence-corrected chi connectivity index (χ1v) is 10.4. The normalized spacial score (nSPS) is 15.8. The Morgan fingerprint density at radius 1 is 1.18 bits per heavy atom. The highest BCUT2D eigenvalue weighted by atomic mass is 32.2. The van der Waals surface area contributed by atoms with Crippen LogP contribution < -0.4 is 19.5 Å². The molecule has 2 aromatic carbocycles. The highest BCUT2D eigenvalue weighted by molar-refractivity contribution is 7.89. The second-order valence-electron chi connectivity index (χ2n) is 6.71. The Kier molecular flexibility index (Phi) is 4.82. The number of benzene rings is 2. The van der Waals surface area contributed by atoms with Gasteiger partial charge < -0.3 is 14.8 Å². The van der Waals surface area contributed by atoms with Crippen LogP contribution >= 0.6 is 0 Å². The van der Waals surface area contributed by atoms with Crippen LogP contribution in [0.15, 0.2) is 52.9 Å². The maximum atomic E-state index is 12.7. The largest absolute Gasteiger partial charge is 0.495 e. The van der Waals surface area contributed by atoms with Gasteiger partial charge in [0.25, 0.3) is 5.91 Å². The lowest BCUT2D eigenvalue weighted by Crippen LogP contribution is -2.26. The number of nitrogens with one attached hydrogen (secondary N) is 2. The minimum atomic E-state index is -3.64.